The van der Waals surface area contributed by atoms with E-state index >= 15 is 4.39 Å². The standard InChI is InChI=1S/C51H60FN9O7/c1-27(2)42(57-49(65)67-5)47(63)60-19-9-11-39(60)44-54-26-38(56-44)30-14-15-36(53-25-30)31-22-35(52)41(34-24-51(23-33(31)34)17-7-8-18-51)29-13-16-37-32(21-29)46(62)59-45(55-37)40-12-10-20-61(40)48(64)43(28(3)4)58-50(66)68-6/h13-16,21-22,25-28,39-40,42-43H,7-12,17-20,23-24H2,1-6H3,(H,54,56)(H,57,65)(H,58,66)(H,55,59,62)/t39-,40-,42-,43+/m0/s1. The van der Waals surface area contributed by atoms with E-state index in [9.17, 15) is 24.0 Å². The van der Waals surface area contributed by atoms with E-state index in [-0.39, 0.29) is 40.7 Å². The van der Waals surface area contributed by atoms with E-state index < -0.39 is 36.1 Å². The van der Waals surface area contributed by atoms with Crippen LogP contribution < -0.4 is 16.2 Å². The van der Waals surface area contributed by atoms with E-state index in [0.29, 0.717) is 65.3 Å². The number of aromatic amines is 2. The lowest BCUT2D eigenvalue weighted by Crippen LogP contribution is -2.51. The lowest BCUT2D eigenvalue weighted by Gasteiger charge is -2.30. The van der Waals surface area contributed by atoms with Crippen LogP contribution in [0.5, 0.6) is 0 Å². The van der Waals surface area contributed by atoms with Gasteiger partial charge in [0.2, 0.25) is 11.8 Å². The van der Waals surface area contributed by atoms with Gasteiger partial charge in [0.15, 0.2) is 0 Å². The third kappa shape index (κ3) is 8.71. The zero-order valence-electron chi connectivity index (χ0n) is 39.5. The van der Waals surface area contributed by atoms with Crippen molar-refractivity contribution in [2.75, 3.05) is 27.3 Å². The minimum atomic E-state index is -0.812. The average molecular weight is 930 g/mol. The number of methoxy groups -OCH3 is 2. The maximum Gasteiger partial charge on any atom is 0.407 e. The molecule has 2 aliphatic carbocycles. The maximum absolute atomic E-state index is 17.0. The van der Waals surface area contributed by atoms with E-state index in [1.54, 1.807) is 40.4 Å². The number of fused-ring (bicyclic) bond motifs is 2. The van der Waals surface area contributed by atoms with E-state index in [2.05, 4.69) is 20.6 Å². The van der Waals surface area contributed by atoms with E-state index in [1.807, 2.05) is 45.9 Å². The summed E-state index contributed by atoms with van der Waals surface area (Å²) in [7, 11) is 2.53. The SMILES string of the molecule is COC(=O)N[C@H](C(=O)N1CCC[C@H]1c1ncc(-c2ccc(-c3cc(F)c(-c4ccc5nc([C@@H]6CCCN6C(=O)[C@H](NC(=O)OC)C(C)C)[nH]c(=O)c5c4)c4c3CC3(CCCC3)C4)nc2)[nH]1)C(C)C. The van der Waals surface area contributed by atoms with Crippen molar-refractivity contribution in [2.45, 2.75) is 116 Å². The number of likely N-dealkylation sites (tertiary alicyclic amines) is 2. The van der Waals surface area contributed by atoms with Gasteiger partial charge in [0, 0.05) is 36.0 Å². The lowest BCUT2D eigenvalue weighted by molar-refractivity contribution is -0.136. The Balaban J connectivity index is 0.990. The third-order valence-electron chi connectivity index (χ3n) is 14.7. The Morgan fingerprint density at radius 1 is 0.750 bits per heavy atom. The molecule has 3 aromatic heterocycles. The highest BCUT2D eigenvalue weighted by atomic mass is 19.1. The molecule has 4 amide bonds. The van der Waals surface area contributed by atoms with Crippen LogP contribution in [0.25, 0.3) is 44.5 Å². The average Bonchev–Trinajstić information content (AvgIpc) is 4.20. The van der Waals surface area contributed by atoms with Gasteiger partial charge in [-0.3, -0.25) is 19.4 Å². The van der Waals surface area contributed by atoms with Crippen molar-refractivity contribution in [3.63, 3.8) is 0 Å². The number of rotatable bonds is 11. The number of pyridine rings is 1. The molecule has 16 nitrogen and oxygen atoms in total. The number of ether oxygens (including phenoxy) is 2. The summed E-state index contributed by atoms with van der Waals surface area (Å²) in [6.07, 6.45) is 10.9. The predicted molar refractivity (Wildman–Crippen MR) is 253 cm³/mol. The summed E-state index contributed by atoms with van der Waals surface area (Å²) in [6, 6.07) is 8.45. The smallest absolute Gasteiger partial charge is 0.407 e. The number of hydrogen-bond donors (Lipinski definition) is 4. The molecular weight excluding hydrogens is 870 g/mol. The lowest BCUT2D eigenvalue weighted by atomic mass is 9.82. The van der Waals surface area contributed by atoms with Crippen LogP contribution in [0.15, 0.2) is 53.6 Å². The fourth-order valence-electron chi connectivity index (χ4n) is 11.2. The molecule has 17 heteroatoms. The number of hydrogen-bond acceptors (Lipinski definition) is 10. The van der Waals surface area contributed by atoms with Gasteiger partial charge in [-0.25, -0.2) is 23.9 Å². The number of alkyl carbamates (subject to hydrolysis) is 2. The van der Waals surface area contributed by atoms with Crippen molar-refractivity contribution in [3.05, 3.63) is 87.7 Å². The normalized spacial score (nSPS) is 19.5. The van der Waals surface area contributed by atoms with Crippen LogP contribution in [0.3, 0.4) is 0 Å². The molecule has 1 saturated carbocycles. The monoisotopic (exact) mass is 929 g/mol. The summed E-state index contributed by atoms with van der Waals surface area (Å²) in [6.45, 7) is 8.45. The molecule has 358 valence electrons. The molecule has 0 unspecified atom stereocenters. The summed E-state index contributed by atoms with van der Waals surface area (Å²) < 4.78 is 26.5. The van der Waals surface area contributed by atoms with Crippen molar-refractivity contribution < 1.29 is 33.0 Å². The number of halogens is 1. The Kier molecular flexibility index (Phi) is 12.8. The molecule has 68 heavy (non-hydrogen) atoms. The molecule has 4 aliphatic rings. The number of amides is 4. The summed E-state index contributed by atoms with van der Waals surface area (Å²) >= 11 is 0. The van der Waals surface area contributed by atoms with Crippen molar-refractivity contribution in [1.29, 1.82) is 0 Å². The molecular formula is C51H60FN9O7. The predicted octanol–water partition coefficient (Wildman–Crippen LogP) is 7.93. The second-order valence-electron chi connectivity index (χ2n) is 19.7. The minimum Gasteiger partial charge on any atom is -0.453 e. The van der Waals surface area contributed by atoms with Gasteiger partial charge in [0.25, 0.3) is 5.56 Å². The topological polar surface area (TPSA) is 205 Å². The highest BCUT2D eigenvalue weighted by Gasteiger charge is 2.43. The number of carbonyl (C=O) groups is 4. The van der Waals surface area contributed by atoms with Crippen molar-refractivity contribution in [3.8, 4) is 33.6 Å². The zero-order chi connectivity index (χ0) is 48.0. The Morgan fingerprint density at radius 3 is 1.94 bits per heavy atom. The van der Waals surface area contributed by atoms with Crippen LogP contribution in [0.1, 0.15) is 114 Å². The molecule has 4 N–H and O–H groups in total. The second-order valence-corrected chi connectivity index (χ2v) is 19.7. The first kappa shape index (κ1) is 46.5. The Hall–Kier alpha value is -6.65. The van der Waals surface area contributed by atoms with Crippen LogP contribution in [-0.2, 0) is 31.9 Å². The highest BCUT2D eigenvalue weighted by Crippen LogP contribution is 2.53. The molecule has 0 radical (unpaired) electrons. The fourth-order valence-corrected chi connectivity index (χ4v) is 11.2. The van der Waals surface area contributed by atoms with Gasteiger partial charge in [0.1, 0.15) is 29.5 Å². The number of H-pyrrole nitrogens is 2. The first-order chi connectivity index (χ1) is 32.7. The third-order valence-corrected chi connectivity index (χ3v) is 14.7. The molecule has 2 aliphatic heterocycles. The van der Waals surface area contributed by atoms with E-state index in [4.69, 9.17) is 24.4 Å². The zero-order valence-corrected chi connectivity index (χ0v) is 39.5. The number of imidazole rings is 1. The molecule has 4 atom stereocenters. The van der Waals surface area contributed by atoms with Crippen molar-refractivity contribution >= 4 is 34.9 Å². The van der Waals surface area contributed by atoms with Gasteiger partial charge >= 0.3 is 12.2 Å². The maximum atomic E-state index is 17.0. The first-order valence-corrected chi connectivity index (χ1v) is 23.9. The number of aromatic nitrogens is 5. The fraction of sp³-hybridized carbons (Fsp3) is 0.490. The summed E-state index contributed by atoms with van der Waals surface area (Å²) in [5.41, 5.74) is 6.14. The van der Waals surface area contributed by atoms with E-state index in [0.717, 1.165) is 79.3 Å². The van der Waals surface area contributed by atoms with Crippen LogP contribution in [0.4, 0.5) is 14.0 Å². The molecule has 0 bridgehead atoms. The van der Waals surface area contributed by atoms with Gasteiger partial charge in [-0.2, -0.15) is 0 Å². The molecule has 9 rings (SSSR count). The van der Waals surface area contributed by atoms with Gasteiger partial charge in [0.05, 0.1) is 54.8 Å². The molecule has 2 aromatic carbocycles. The Bertz CT molecular complexity index is 2820. The van der Waals surface area contributed by atoms with Crippen molar-refractivity contribution in [1.82, 2.24) is 45.4 Å². The number of carbonyl (C=O) groups excluding carboxylic acids is 4. The largest absolute Gasteiger partial charge is 0.453 e. The Morgan fingerprint density at radius 2 is 1.35 bits per heavy atom. The summed E-state index contributed by atoms with van der Waals surface area (Å²) in [4.78, 5) is 89.8. The van der Waals surface area contributed by atoms with Gasteiger partial charge in [-0.15, -0.1) is 0 Å². The van der Waals surface area contributed by atoms with Crippen molar-refractivity contribution in [2.24, 2.45) is 17.3 Å². The van der Waals surface area contributed by atoms with E-state index in [1.165, 1.54) is 14.2 Å². The molecule has 3 fully saturated rings. The van der Waals surface area contributed by atoms with Crippen LogP contribution >= 0.6 is 0 Å². The van der Waals surface area contributed by atoms with Crippen LogP contribution in [0.2, 0.25) is 0 Å². The summed E-state index contributed by atoms with van der Waals surface area (Å²) in [5.74, 6) is -0.182. The molecule has 5 heterocycles. The molecule has 2 saturated heterocycles. The van der Waals surface area contributed by atoms with Crippen LogP contribution in [-0.4, -0.2) is 98.1 Å². The number of nitrogens with one attached hydrogen (secondary N) is 4. The van der Waals surface area contributed by atoms with Crippen LogP contribution in [0, 0.1) is 23.1 Å². The number of benzene rings is 2. The minimum absolute atomic E-state index is 0.0300. The van der Waals surface area contributed by atoms with Gasteiger partial charge in [-0.05, 0) is 116 Å². The molecule has 5 aromatic rings. The van der Waals surface area contributed by atoms with Gasteiger partial charge < -0.3 is 39.9 Å². The van der Waals surface area contributed by atoms with Gasteiger partial charge in [-0.1, -0.05) is 46.6 Å². The first-order valence-electron chi connectivity index (χ1n) is 23.9. The molecule has 1 spiro atoms. The highest BCUT2D eigenvalue weighted by molar-refractivity contribution is 5.89. The second kappa shape index (κ2) is 18.8. The summed E-state index contributed by atoms with van der Waals surface area (Å²) in [5, 5.41) is 5.67. The quantitative estimate of drug-likeness (QED) is 0.101. The Labute approximate surface area is 394 Å². The number of nitrogens with zero attached hydrogens (tertiary/aromatic N) is 5.